The molecule has 0 aromatic heterocycles. The summed E-state index contributed by atoms with van der Waals surface area (Å²) >= 11 is 6.38. The molecule has 0 radical (unpaired) electrons. The van der Waals surface area contributed by atoms with E-state index in [1.807, 2.05) is 12.1 Å². The number of rotatable bonds is 13. The monoisotopic (exact) mass is 409 g/mol. The minimum absolute atomic E-state index is 0.0817. The third-order valence-electron chi connectivity index (χ3n) is 4.23. The van der Waals surface area contributed by atoms with Crippen LogP contribution in [0.4, 0.5) is 4.39 Å². The Balaban J connectivity index is 1.85. The average Bonchev–Trinajstić information content (AvgIpc) is 2.70. The summed E-state index contributed by atoms with van der Waals surface area (Å²) in [6.45, 7) is 5.35. The second-order valence-corrected chi connectivity index (χ2v) is 6.89. The number of hydrogen-bond acceptors (Lipinski definition) is 4. The number of unbranched alkanes of at least 4 members (excludes halogenated alkanes) is 1. The molecule has 0 amide bonds. The Hall–Kier alpha value is -1.82. The molecule has 28 heavy (non-hydrogen) atoms. The van der Waals surface area contributed by atoms with Gasteiger partial charge in [-0.2, -0.15) is 0 Å². The second kappa shape index (κ2) is 12.6. The number of halogens is 2. The van der Waals surface area contributed by atoms with Crippen LogP contribution < -0.4 is 14.8 Å². The van der Waals surface area contributed by atoms with Crippen LogP contribution in [0.15, 0.2) is 36.4 Å². The molecule has 0 aliphatic carbocycles. The third kappa shape index (κ3) is 7.30. The summed E-state index contributed by atoms with van der Waals surface area (Å²) in [4.78, 5) is 0. The van der Waals surface area contributed by atoms with Crippen molar-refractivity contribution in [3.8, 4) is 11.5 Å². The van der Waals surface area contributed by atoms with Gasteiger partial charge in [0.25, 0.3) is 0 Å². The topological polar surface area (TPSA) is 39.7 Å². The normalized spacial score (nSPS) is 10.9. The third-order valence-corrected chi connectivity index (χ3v) is 4.51. The molecule has 0 unspecified atom stereocenters. The van der Waals surface area contributed by atoms with Crippen molar-refractivity contribution in [2.45, 2.75) is 39.3 Å². The van der Waals surface area contributed by atoms with E-state index >= 15 is 0 Å². The van der Waals surface area contributed by atoms with Gasteiger partial charge in [0.15, 0.2) is 11.5 Å². The molecule has 0 aliphatic rings. The fourth-order valence-electron chi connectivity index (χ4n) is 2.66. The Morgan fingerprint density at radius 2 is 1.89 bits per heavy atom. The van der Waals surface area contributed by atoms with E-state index in [1.54, 1.807) is 25.3 Å². The fourth-order valence-corrected chi connectivity index (χ4v) is 2.95. The molecule has 0 atom stereocenters. The lowest BCUT2D eigenvalue weighted by Crippen LogP contribution is -2.16. The zero-order chi connectivity index (χ0) is 20.2. The molecule has 154 valence electrons. The lowest BCUT2D eigenvalue weighted by molar-refractivity contribution is 0.129. The van der Waals surface area contributed by atoms with Crippen LogP contribution in [0.25, 0.3) is 0 Å². The van der Waals surface area contributed by atoms with E-state index in [0.29, 0.717) is 28.6 Å². The van der Waals surface area contributed by atoms with Crippen molar-refractivity contribution in [3.63, 3.8) is 0 Å². The molecule has 0 bridgehead atoms. The van der Waals surface area contributed by atoms with Gasteiger partial charge in [-0.15, -0.1) is 0 Å². The van der Waals surface area contributed by atoms with E-state index in [0.717, 1.165) is 44.6 Å². The number of benzene rings is 2. The maximum absolute atomic E-state index is 13.8. The maximum atomic E-state index is 13.8. The lowest BCUT2D eigenvalue weighted by atomic mass is 10.2. The molecule has 2 aromatic rings. The van der Waals surface area contributed by atoms with Crippen molar-refractivity contribution >= 4 is 11.6 Å². The summed E-state index contributed by atoms with van der Waals surface area (Å²) in [6, 6.07) is 10.2. The van der Waals surface area contributed by atoms with E-state index < -0.39 is 0 Å². The van der Waals surface area contributed by atoms with Gasteiger partial charge in [0.2, 0.25) is 0 Å². The van der Waals surface area contributed by atoms with E-state index in [9.17, 15) is 4.39 Å². The maximum Gasteiger partial charge on any atom is 0.180 e. The summed E-state index contributed by atoms with van der Waals surface area (Å²) in [5.41, 5.74) is 1.46. The highest BCUT2D eigenvalue weighted by Gasteiger charge is 2.13. The fraction of sp³-hybridized carbons (Fsp3) is 0.455. The predicted octanol–water partition coefficient (Wildman–Crippen LogP) is 5.36. The van der Waals surface area contributed by atoms with Gasteiger partial charge in [0.05, 0.1) is 12.1 Å². The smallest absolute Gasteiger partial charge is 0.180 e. The first-order valence-corrected chi connectivity index (χ1v) is 10.0. The standard InChI is InChI=1S/C22H29ClFNO3/c1-3-4-11-27-12-7-10-25-15-17-13-19(23)22(21(14-17)26-2)28-16-18-8-5-6-9-20(18)24/h5-6,8-9,13-14,25H,3-4,7,10-12,15-16H2,1-2H3. The quantitative estimate of drug-likeness (QED) is 0.452. The molecular formula is C22H29ClFNO3. The van der Waals surface area contributed by atoms with Crippen LogP contribution in [0.1, 0.15) is 37.3 Å². The first kappa shape index (κ1) is 22.5. The van der Waals surface area contributed by atoms with Crippen molar-refractivity contribution in [2.24, 2.45) is 0 Å². The highest BCUT2D eigenvalue weighted by atomic mass is 35.5. The van der Waals surface area contributed by atoms with Crippen LogP contribution in [-0.2, 0) is 17.9 Å². The molecule has 2 aromatic carbocycles. The number of nitrogens with one attached hydrogen (secondary N) is 1. The van der Waals surface area contributed by atoms with Gasteiger partial charge in [-0.1, -0.05) is 43.1 Å². The van der Waals surface area contributed by atoms with Crippen LogP contribution >= 0.6 is 11.6 Å². The molecule has 0 fully saturated rings. The second-order valence-electron chi connectivity index (χ2n) is 6.49. The Labute approximate surface area is 171 Å². The summed E-state index contributed by atoms with van der Waals surface area (Å²) in [7, 11) is 1.56. The Bertz CT molecular complexity index is 727. The average molecular weight is 410 g/mol. The van der Waals surface area contributed by atoms with Gasteiger partial charge in [-0.05, 0) is 43.1 Å². The molecule has 4 nitrogen and oxygen atoms in total. The highest BCUT2D eigenvalue weighted by molar-refractivity contribution is 6.32. The summed E-state index contributed by atoms with van der Waals surface area (Å²) < 4.78 is 30.5. The molecule has 0 saturated carbocycles. The van der Waals surface area contributed by atoms with E-state index in [2.05, 4.69) is 12.2 Å². The molecule has 0 saturated heterocycles. The van der Waals surface area contributed by atoms with E-state index in [1.165, 1.54) is 6.07 Å². The van der Waals surface area contributed by atoms with Gasteiger partial charge < -0.3 is 19.5 Å². The summed E-state index contributed by atoms with van der Waals surface area (Å²) in [5.74, 6) is 0.640. The zero-order valence-corrected chi connectivity index (χ0v) is 17.4. The van der Waals surface area contributed by atoms with Crippen molar-refractivity contribution in [3.05, 3.63) is 58.4 Å². The molecular weight excluding hydrogens is 381 g/mol. The van der Waals surface area contributed by atoms with Gasteiger partial charge in [-0.3, -0.25) is 0 Å². The van der Waals surface area contributed by atoms with Gasteiger partial charge in [0, 0.05) is 25.3 Å². The van der Waals surface area contributed by atoms with Crippen molar-refractivity contribution < 1.29 is 18.6 Å². The Morgan fingerprint density at radius 3 is 2.64 bits per heavy atom. The zero-order valence-electron chi connectivity index (χ0n) is 16.6. The minimum atomic E-state index is -0.308. The largest absolute Gasteiger partial charge is 0.493 e. The van der Waals surface area contributed by atoms with Crippen molar-refractivity contribution in [2.75, 3.05) is 26.9 Å². The first-order valence-electron chi connectivity index (χ1n) is 9.66. The van der Waals surface area contributed by atoms with E-state index in [4.69, 9.17) is 25.8 Å². The molecule has 6 heteroatoms. The SMILES string of the molecule is CCCCOCCCNCc1cc(Cl)c(OCc2ccccc2F)c(OC)c1. The Kier molecular flexibility index (Phi) is 10.1. The Morgan fingerprint density at radius 1 is 1.11 bits per heavy atom. The number of methoxy groups -OCH3 is 1. The highest BCUT2D eigenvalue weighted by Crippen LogP contribution is 2.37. The molecule has 2 rings (SSSR count). The minimum Gasteiger partial charge on any atom is -0.493 e. The van der Waals surface area contributed by atoms with Gasteiger partial charge >= 0.3 is 0 Å². The van der Waals surface area contributed by atoms with Gasteiger partial charge in [-0.25, -0.2) is 4.39 Å². The number of ether oxygens (including phenoxy) is 3. The first-order chi connectivity index (χ1) is 13.7. The van der Waals surface area contributed by atoms with Crippen LogP contribution in [0.3, 0.4) is 0 Å². The molecule has 0 aliphatic heterocycles. The molecule has 0 spiro atoms. The molecule has 1 N–H and O–H groups in total. The lowest BCUT2D eigenvalue weighted by Gasteiger charge is -2.15. The van der Waals surface area contributed by atoms with Crippen LogP contribution in [-0.4, -0.2) is 26.9 Å². The predicted molar refractivity (Wildman–Crippen MR) is 111 cm³/mol. The van der Waals surface area contributed by atoms with Crippen molar-refractivity contribution in [1.82, 2.24) is 5.32 Å². The van der Waals surface area contributed by atoms with Crippen molar-refractivity contribution in [1.29, 1.82) is 0 Å². The summed E-state index contributed by atoms with van der Waals surface area (Å²) in [6.07, 6.45) is 3.22. The van der Waals surface area contributed by atoms with Crippen LogP contribution in [0.2, 0.25) is 5.02 Å². The number of hydrogen-bond donors (Lipinski definition) is 1. The van der Waals surface area contributed by atoms with Gasteiger partial charge in [0.1, 0.15) is 12.4 Å². The molecule has 0 heterocycles. The van der Waals surface area contributed by atoms with Crippen LogP contribution in [0, 0.1) is 5.82 Å². The summed E-state index contributed by atoms with van der Waals surface area (Å²) in [5, 5.41) is 3.81. The van der Waals surface area contributed by atoms with E-state index in [-0.39, 0.29) is 12.4 Å². The van der Waals surface area contributed by atoms with Crippen LogP contribution in [0.5, 0.6) is 11.5 Å².